The van der Waals surface area contributed by atoms with Gasteiger partial charge in [-0.1, -0.05) is 76.3 Å². The Hall–Kier alpha value is -1.68. The summed E-state index contributed by atoms with van der Waals surface area (Å²) in [6.45, 7) is 8.63. The van der Waals surface area contributed by atoms with Crippen molar-refractivity contribution in [3.8, 4) is 0 Å². The summed E-state index contributed by atoms with van der Waals surface area (Å²) < 4.78 is 0. The molecule has 4 heteroatoms. The molecule has 0 aliphatic carbocycles. The molecule has 1 amide bonds. The molecular weight excluding hydrogens is 316 g/mol. The van der Waals surface area contributed by atoms with Gasteiger partial charge in [0.2, 0.25) is 0 Å². The summed E-state index contributed by atoms with van der Waals surface area (Å²) >= 11 is 1.48. The van der Waals surface area contributed by atoms with E-state index in [1.165, 1.54) is 49.9 Å². The lowest BCUT2D eigenvalue weighted by Gasteiger charge is -2.03. The van der Waals surface area contributed by atoms with E-state index in [-0.39, 0.29) is 5.91 Å². The van der Waals surface area contributed by atoms with Gasteiger partial charge < -0.3 is 5.32 Å². The second-order valence-corrected chi connectivity index (χ2v) is 6.63. The number of nitrogens with one attached hydrogen (secondary N) is 1. The minimum atomic E-state index is -0.0816. The van der Waals surface area contributed by atoms with Crippen molar-refractivity contribution in [1.29, 1.82) is 0 Å². The predicted octanol–water partition coefficient (Wildman–Crippen LogP) is 5.77. The number of hydrogen-bond donors (Lipinski definition) is 1. The molecule has 0 aliphatic rings. The largest absolute Gasteiger partial charge is 0.351 e. The molecule has 0 saturated heterocycles. The van der Waals surface area contributed by atoms with Gasteiger partial charge in [0.1, 0.15) is 10.7 Å². The summed E-state index contributed by atoms with van der Waals surface area (Å²) in [6.07, 6.45) is 16.3. The highest BCUT2D eigenvalue weighted by Crippen LogP contribution is 2.21. The van der Waals surface area contributed by atoms with Crippen molar-refractivity contribution in [3.05, 3.63) is 47.0 Å². The molecule has 0 saturated carbocycles. The van der Waals surface area contributed by atoms with E-state index >= 15 is 0 Å². The predicted molar refractivity (Wildman–Crippen MR) is 105 cm³/mol. The number of amides is 1. The Morgan fingerprint density at radius 3 is 2.62 bits per heavy atom. The maximum atomic E-state index is 12.1. The van der Waals surface area contributed by atoms with Crippen molar-refractivity contribution in [2.45, 2.75) is 58.8 Å². The maximum absolute atomic E-state index is 12.1. The van der Waals surface area contributed by atoms with Crippen LogP contribution in [0.4, 0.5) is 0 Å². The molecule has 1 N–H and O–H groups in total. The summed E-state index contributed by atoms with van der Waals surface area (Å²) in [5, 5.41) is 5.62. The third kappa shape index (κ3) is 7.73. The van der Waals surface area contributed by atoms with Gasteiger partial charge in [-0.2, -0.15) is 0 Å². The SMILES string of the molecule is C=C/C=C(\C=C/C)c1nc(C(=O)NCCCCCCCCC)cs1. The fourth-order valence-electron chi connectivity index (χ4n) is 2.39. The van der Waals surface area contributed by atoms with Crippen molar-refractivity contribution in [3.63, 3.8) is 0 Å². The zero-order valence-electron chi connectivity index (χ0n) is 15.0. The Morgan fingerprint density at radius 2 is 1.96 bits per heavy atom. The van der Waals surface area contributed by atoms with Crippen LogP contribution in [0.15, 0.2) is 36.3 Å². The van der Waals surface area contributed by atoms with Gasteiger partial charge in [-0.05, 0) is 13.3 Å². The molecule has 0 unspecified atom stereocenters. The van der Waals surface area contributed by atoms with Gasteiger partial charge in [0, 0.05) is 17.5 Å². The van der Waals surface area contributed by atoms with Gasteiger partial charge in [0.05, 0.1) is 0 Å². The third-order valence-corrected chi connectivity index (χ3v) is 4.58. The minimum Gasteiger partial charge on any atom is -0.351 e. The van der Waals surface area contributed by atoms with Crippen LogP contribution in [-0.4, -0.2) is 17.4 Å². The van der Waals surface area contributed by atoms with E-state index in [0.717, 1.165) is 23.5 Å². The normalized spacial score (nSPS) is 11.8. The van der Waals surface area contributed by atoms with Crippen molar-refractivity contribution >= 4 is 22.8 Å². The fraction of sp³-hybridized carbons (Fsp3) is 0.500. The average Bonchev–Trinajstić information content (AvgIpc) is 3.07. The van der Waals surface area contributed by atoms with Crippen LogP contribution in [0.5, 0.6) is 0 Å². The molecule has 0 fully saturated rings. The van der Waals surface area contributed by atoms with E-state index in [1.54, 1.807) is 6.08 Å². The number of carbonyl (C=O) groups excluding carboxylic acids is 1. The summed E-state index contributed by atoms with van der Waals surface area (Å²) in [5.74, 6) is -0.0816. The molecule has 0 aliphatic heterocycles. The summed E-state index contributed by atoms with van der Waals surface area (Å²) in [7, 11) is 0. The molecule has 24 heavy (non-hydrogen) atoms. The van der Waals surface area contributed by atoms with Crippen LogP contribution in [0.1, 0.15) is 74.3 Å². The van der Waals surface area contributed by atoms with Crippen LogP contribution < -0.4 is 5.32 Å². The van der Waals surface area contributed by atoms with Crippen LogP contribution in [-0.2, 0) is 0 Å². The Kier molecular flexibility index (Phi) is 10.8. The highest BCUT2D eigenvalue weighted by Gasteiger charge is 2.11. The van der Waals surface area contributed by atoms with Crippen molar-refractivity contribution < 1.29 is 4.79 Å². The molecule has 0 radical (unpaired) electrons. The third-order valence-electron chi connectivity index (χ3n) is 3.69. The lowest BCUT2D eigenvalue weighted by molar-refractivity contribution is 0.0948. The standard InChI is InChI=1S/C20H30N2OS/c1-4-7-8-9-10-11-12-15-21-19(23)18-16-24-20(22-18)17(13-5-2)14-6-3/h5-6,13-14,16H,2,4,7-12,15H2,1,3H3,(H,21,23)/b14-6-,17-13+. The molecule has 1 heterocycles. The first kappa shape index (κ1) is 20.4. The fourth-order valence-corrected chi connectivity index (χ4v) is 3.20. The Balaban J connectivity index is 2.36. The number of allylic oxidation sites excluding steroid dienone is 5. The van der Waals surface area contributed by atoms with Crippen LogP contribution in [0.2, 0.25) is 0 Å². The maximum Gasteiger partial charge on any atom is 0.270 e. The van der Waals surface area contributed by atoms with E-state index in [9.17, 15) is 4.79 Å². The van der Waals surface area contributed by atoms with E-state index in [4.69, 9.17) is 0 Å². The smallest absolute Gasteiger partial charge is 0.270 e. The zero-order valence-corrected chi connectivity index (χ0v) is 15.8. The highest BCUT2D eigenvalue weighted by molar-refractivity contribution is 7.11. The lowest BCUT2D eigenvalue weighted by Crippen LogP contribution is -2.24. The first-order chi connectivity index (χ1) is 11.7. The van der Waals surface area contributed by atoms with E-state index in [2.05, 4.69) is 23.8 Å². The minimum absolute atomic E-state index is 0.0816. The van der Waals surface area contributed by atoms with Crippen molar-refractivity contribution in [2.75, 3.05) is 6.54 Å². The number of unbranched alkanes of at least 4 members (excludes halogenated alkanes) is 6. The van der Waals surface area contributed by atoms with Gasteiger partial charge in [-0.15, -0.1) is 11.3 Å². The van der Waals surface area contributed by atoms with Crippen molar-refractivity contribution in [2.24, 2.45) is 0 Å². The van der Waals surface area contributed by atoms with Gasteiger partial charge in [0.25, 0.3) is 5.91 Å². The van der Waals surface area contributed by atoms with Gasteiger partial charge in [0.15, 0.2) is 0 Å². The molecular formula is C20H30N2OS. The molecule has 1 aromatic heterocycles. The topological polar surface area (TPSA) is 42.0 Å². The van der Waals surface area contributed by atoms with Gasteiger partial charge in [-0.25, -0.2) is 4.98 Å². The quantitative estimate of drug-likeness (QED) is 0.385. The Bertz CT molecular complexity index is 558. The lowest BCUT2D eigenvalue weighted by atomic mass is 10.1. The molecule has 3 nitrogen and oxygen atoms in total. The second kappa shape index (κ2) is 12.7. The summed E-state index contributed by atoms with van der Waals surface area (Å²) in [6, 6.07) is 0. The van der Waals surface area contributed by atoms with Crippen LogP contribution in [0.3, 0.4) is 0 Å². The van der Waals surface area contributed by atoms with Crippen LogP contribution >= 0.6 is 11.3 Å². The summed E-state index contributed by atoms with van der Waals surface area (Å²) in [5.41, 5.74) is 1.47. The van der Waals surface area contributed by atoms with E-state index in [0.29, 0.717) is 5.69 Å². The highest BCUT2D eigenvalue weighted by atomic mass is 32.1. The summed E-state index contributed by atoms with van der Waals surface area (Å²) in [4.78, 5) is 16.6. The number of aromatic nitrogens is 1. The average molecular weight is 347 g/mol. The molecule has 0 bridgehead atoms. The number of hydrogen-bond acceptors (Lipinski definition) is 3. The second-order valence-electron chi connectivity index (χ2n) is 5.77. The molecule has 0 atom stereocenters. The number of carbonyl (C=O) groups is 1. The monoisotopic (exact) mass is 346 g/mol. The first-order valence-corrected chi connectivity index (χ1v) is 9.80. The van der Waals surface area contributed by atoms with Crippen molar-refractivity contribution in [1.82, 2.24) is 10.3 Å². The Morgan fingerprint density at radius 1 is 1.25 bits per heavy atom. The zero-order chi connectivity index (χ0) is 17.6. The van der Waals surface area contributed by atoms with E-state index < -0.39 is 0 Å². The van der Waals surface area contributed by atoms with Crippen LogP contribution in [0, 0.1) is 0 Å². The number of thiazole rings is 1. The molecule has 1 aromatic rings. The van der Waals surface area contributed by atoms with Gasteiger partial charge in [-0.3, -0.25) is 4.79 Å². The van der Waals surface area contributed by atoms with E-state index in [1.807, 2.05) is 30.5 Å². The molecule has 0 aromatic carbocycles. The first-order valence-electron chi connectivity index (χ1n) is 8.92. The molecule has 0 spiro atoms. The Labute approximate surface area is 150 Å². The molecule has 132 valence electrons. The number of rotatable bonds is 12. The van der Waals surface area contributed by atoms with Crippen LogP contribution in [0.25, 0.3) is 5.57 Å². The number of nitrogens with zero attached hydrogens (tertiary/aromatic N) is 1. The van der Waals surface area contributed by atoms with Gasteiger partial charge >= 0.3 is 0 Å². The molecule has 1 rings (SSSR count).